The zero-order valence-corrected chi connectivity index (χ0v) is 11.3. The number of hydrogen-bond donors (Lipinski definition) is 1. The Morgan fingerprint density at radius 3 is 2.85 bits per heavy atom. The maximum absolute atomic E-state index is 11.7. The topological polar surface area (TPSA) is 64.6 Å². The predicted molar refractivity (Wildman–Crippen MR) is 72.5 cm³/mol. The predicted octanol–water partition coefficient (Wildman–Crippen LogP) is 1.90. The maximum atomic E-state index is 11.7. The minimum absolute atomic E-state index is 0.0151. The molecule has 106 valence electrons. The average molecular weight is 275 g/mol. The molecule has 1 amide bonds. The van der Waals surface area contributed by atoms with Gasteiger partial charge in [0.2, 0.25) is 5.91 Å². The summed E-state index contributed by atoms with van der Waals surface area (Å²) in [5.74, 6) is 0.511. The van der Waals surface area contributed by atoms with E-state index in [1.807, 2.05) is 12.1 Å². The lowest BCUT2D eigenvalue weighted by molar-refractivity contribution is -0.149. The van der Waals surface area contributed by atoms with Crippen LogP contribution in [0.25, 0.3) is 0 Å². The second-order valence-electron chi connectivity index (χ2n) is 5.27. The quantitative estimate of drug-likeness (QED) is 0.852. The van der Waals surface area contributed by atoms with Crippen LogP contribution in [0.4, 0.5) is 5.69 Å². The van der Waals surface area contributed by atoms with Crippen LogP contribution in [0.2, 0.25) is 0 Å². The molecular formula is C15H17NO4. The van der Waals surface area contributed by atoms with E-state index in [0.29, 0.717) is 12.2 Å². The summed E-state index contributed by atoms with van der Waals surface area (Å²) >= 11 is 0. The first-order chi connectivity index (χ1) is 9.67. The molecule has 0 spiro atoms. The molecule has 1 heterocycles. The molecule has 1 aliphatic carbocycles. The Bertz CT molecular complexity index is 551. The molecule has 1 aromatic rings. The van der Waals surface area contributed by atoms with Gasteiger partial charge in [-0.1, -0.05) is 6.07 Å². The lowest BCUT2D eigenvalue weighted by Crippen LogP contribution is -2.30. The number of methoxy groups -OCH3 is 1. The third-order valence-corrected chi connectivity index (χ3v) is 3.72. The molecule has 5 nitrogen and oxygen atoms in total. The molecule has 20 heavy (non-hydrogen) atoms. The molecule has 1 fully saturated rings. The highest BCUT2D eigenvalue weighted by Gasteiger charge is 2.39. The molecule has 0 aromatic heterocycles. The van der Waals surface area contributed by atoms with E-state index in [4.69, 9.17) is 9.47 Å². The van der Waals surface area contributed by atoms with Crippen LogP contribution < -0.4 is 10.1 Å². The first-order valence-electron chi connectivity index (χ1n) is 6.84. The van der Waals surface area contributed by atoms with Gasteiger partial charge in [0.05, 0.1) is 7.11 Å². The summed E-state index contributed by atoms with van der Waals surface area (Å²) in [7, 11) is 1.37. The molecule has 1 unspecified atom stereocenters. The molecule has 1 N–H and O–H groups in total. The van der Waals surface area contributed by atoms with Gasteiger partial charge in [0, 0.05) is 24.1 Å². The summed E-state index contributed by atoms with van der Waals surface area (Å²) in [6, 6.07) is 5.56. The number of ether oxygens (including phenoxy) is 2. The number of nitrogens with one attached hydrogen (secondary N) is 1. The number of amides is 1. The molecule has 5 heteroatoms. The number of hydrogen-bond acceptors (Lipinski definition) is 4. The van der Waals surface area contributed by atoms with Crippen molar-refractivity contribution in [1.29, 1.82) is 0 Å². The van der Waals surface area contributed by atoms with Crippen LogP contribution >= 0.6 is 0 Å². The van der Waals surface area contributed by atoms with Crippen LogP contribution in [0.3, 0.4) is 0 Å². The monoisotopic (exact) mass is 275 g/mol. The van der Waals surface area contributed by atoms with Gasteiger partial charge < -0.3 is 14.8 Å². The third kappa shape index (κ3) is 2.61. The van der Waals surface area contributed by atoms with Crippen molar-refractivity contribution < 1.29 is 19.1 Å². The van der Waals surface area contributed by atoms with Crippen LogP contribution in [0, 0.1) is 5.92 Å². The maximum Gasteiger partial charge on any atom is 0.347 e. The van der Waals surface area contributed by atoms with Gasteiger partial charge in [-0.15, -0.1) is 0 Å². The van der Waals surface area contributed by atoms with Crippen molar-refractivity contribution in [2.45, 2.75) is 31.8 Å². The van der Waals surface area contributed by atoms with Gasteiger partial charge >= 0.3 is 5.97 Å². The van der Waals surface area contributed by atoms with Crippen LogP contribution in [-0.4, -0.2) is 25.1 Å². The largest absolute Gasteiger partial charge is 0.478 e. The number of rotatable bonds is 4. The van der Waals surface area contributed by atoms with E-state index >= 15 is 0 Å². The summed E-state index contributed by atoms with van der Waals surface area (Å²) in [6.07, 6.45) is 2.69. The summed E-state index contributed by atoms with van der Waals surface area (Å²) in [5, 5.41) is 2.83. The first kappa shape index (κ1) is 13.0. The number of anilines is 1. The Morgan fingerprint density at radius 1 is 1.35 bits per heavy atom. The minimum Gasteiger partial charge on any atom is -0.478 e. The van der Waals surface area contributed by atoms with E-state index in [-0.39, 0.29) is 17.8 Å². The van der Waals surface area contributed by atoms with Gasteiger partial charge in [-0.05, 0) is 30.9 Å². The lowest BCUT2D eigenvalue weighted by atomic mass is 10.0. The van der Waals surface area contributed by atoms with Crippen molar-refractivity contribution in [3.63, 3.8) is 0 Å². The number of carbonyl (C=O) groups excluding carboxylic acids is 2. The molecule has 1 aromatic carbocycles. The summed E-state index contributed by atoms with van der Waals surface area (Å²) < 4.78 is 10.5. The van der Waals surface area contributed by atoms with Gasteiger partial charge in [-0.25, -0.2) is 4.79 Å². The van der Waals surface area contributed by atoms with Gasteiger partial charge in [0.25, 0.3) is 0 Å². The van der Waals surface area contributed by atoms with E-state index in [1.54, 1.807) is 6.07 Å². The zero-order valence-electron chi connectivity index (χ0n) is 11.3. The number of carbonyl (C=O) groups is 2. The molecule has 1 atom stereocenters. The second kappa shape index (κ2) is 5.15. The smallest absolute Gasteiger partial charge is 0.347 e. The first-order valence-corrected chi connectivity index (χ1v) is 6.84. The standard InChI is InChI=1S/C15H17NO4/c1-19-15(18)14(10-2-3-10)20-11-6-4-9-5-7-13(17)16-12(9)8-11/h4,6,8,10,14H,2-3,5,7H2,1H3,(H,16,17). The van der Waals surface area contributed by atoms with Crippen molar-refractivity contribution in [2.24, 2.45) is 5.92 Å². The van der Waals surface area contributed by atoms with Crippen LogP contribution in [-0.2, 0) is 20.7 Å². The Hall–Kier alpha value is -2.04. The van der Waals surface area contributed by atoms with E-state index < -0.39 is 6.10 Å². The molecule has 1 aliphatic heterocycles. The SMILES string of the molecule is COC(=O)C(Oc1ccc2c(c1)NC(=O)CC2)C1CC1. The normalized spacial score (nSPS) is 18.8. The highest BCUT2D eigenvalue weighted by molar-refractivity contribution is 5.94. The van der Waals surface area contributed by atoms with E-state index in [0.717, 1.165) is 30.5 Å². The molecule has 3 rings (SSSR count). The van der Waals surface area contributed by atoms with Crippen molar-refractivity contribution in [3.05, 3.63) is 23.8 Å². The summed E-state index contributed by atoms with van der Waals surface area (Å²) in [6.45, 7) is 0. The molecule has 0 radical (unpaired) electrons. The summed E-state index contributed by atoms with van der Waals surface area (Å²) in [5.41, 5.74) is 1.87. The van der Waals surface area contributed by atoms with Crippen LogP contribution in [0.15, 0.2) is 18.2 Å². The van der Waals surface area contributed by atoms with Crippen molar-refractivity contribution in [2.75, 3.05) is 12.4 Å². The highest BCUT2D eigenvalue weighted by Crippen LogP contribution is 2.36. The fraction of sp³-hybridized carbons (Fsp3) is 0.467. The number of fused-ring (bicyclic) bond motifs is 1. The highest BCUT2D eigenvalue weighted by atomic mass is 16.6. The minimum atomic E-state index is -0.544. The molecule has 0 saturated heterocycles. The van der Waals surface area contributed by atoms with Gasteiger partial charge in [-0.3, -0.25) is 4.79 Å². The van der Waals surface area contributed by atoms with Gasteiger partial charge in [-0.2, -0.15) is 0 Å². The average Bonchev–Trinajstić information content (AvgIpc) is 3.28. The van der Waals surface area contributed by atoms with Gasteiger partial charge in [0.1, 0.15) is 5.75 Å². The zero-order chi connectivity index (χ0) is 14.1. The lowest BCUT2D eigenvalue weighted by Gasteiger charge is -2.20. The third-order valence-electron chi connectivity index (χ3n) is 3.72. The fourth-order valence-corrected chi connectivity index (χ4v) is 2.42. The van der Waals surface area contributed by atoms with Crippen molar-refractivity contribution in [3.8, 4) is 5.75 Å². The molecule has 0 bridgehead atoms. The molecular weight excluding hydrogens is 258 g/mol. The van der Waals surface area contributed by atoms with Gasteiger partial charge in [0.15, 0.2) is 6.10 Å². The summed E-state index contributed by atoms with van der Waals surface area (Å²) in [4.78, 5) is 23.1. The number of aryl methyl sites for hydroxylation is 1. The second-order valence-corrected chi connectivity index (χ2v) is 5.27. The van der Waals surface area contributed by atoms with Crippen LogP contribution in [0.1, 0.15) is 24.8 Å². The Kier molecular flexibility index (Phi) is 3.34. The number of benzene rings is 1. The molecule has 1 saturated carbocycles. The van der Waals surface area contributed by atoms with Crippen LogP contribution in [0.5, 0.6) is 5.75 Å². The van der Waals surface area contributed by atoms with Crippen molar-refractivity contribution in [1.82, 2.24) is 0 Å². The fourth-order valence-electron chi connectivity index (χ4n) is 2.42. The molecule has 2 aliphatic rings. The van der Waals surface area contributed by atoms with Crippen molar-refractivity contribution >= 4 is 17.6 Å². The Balaban J connectivity index is 1.78. The van der Waals surface area contributed by atoms with E-state index in [2.05, 4.69) is 5.32 Å². The van der Waals surface area contributed by atoms with E-state index in [9.17, 15) is 9.59 Å². The Labute approximate surface area is 117 Å². The Morgan fingerprint density at radius 2 is 2.15 bits per heavy atom. The number of esters is 1. The van der Waals surface area contributed by atoms with E-state index in [1.165, 1.54) is 7.11 Å².